The lowest BCUT2D eigenvalue weighted by atomic mass is 10.0. The second-order valence-corrected chi connectivity index (χ2v) is 3.97. The summed E-state index contributed by atoms with van der Waals surface area (Å²) in [6.07, 6.45) is 0.342. The highest BCUT2D eigenvalue weighted by Crippen LogP contribution is 2.26. The van der Waals surface area contributed by atoms with Crippen LogP contribution in [0.4, 0.5) is 0 Å². The summed E-state index contributed by atoms with van der Waals surface area (Å²) >= 11 is 0. The molecule has 0 aliphatic carbocycles. The molecule has 0 unspecified atom stereocenters. The Morgan fingerprint density at radius 2 is 1.89 bits per heavy atom. The number of methoxy groups -OCH3 is 1. The molecule has 0 amide bonds. The van der Waals surface area contributed by atoms with Gasteiger partial charge >= 0.3 is 0 Å². The molecule has 2 rings (SSSR count). The number of phenolic OH excluding ortho intramolecular Hbond substituents is 1. The fraction of sp³-hybridized carbons (Fsp3) is 0.133. The standard InChI is InChI=1S/C15H14O3/c1-18-15-10-12(7-8-13(15)16)14(17)9-11-5-3-2-4-6-11/h2-8,10,16H,9H2,1H3. The zero-order valence-corrected chi connectivity index (χ0v) is 10.1. The molecule has 0 heterocycles. The van der Waals surface area contributed by atoms with Crippen LogP contribution in [0.3, 0.4) is 0 Å². The summed E-state index contributed by atoms with van der Waals surface area (Å²) in [4.78, 5) is 12.1. The first-order valence-corrected chi connectivity index (χ1v) is 5.65. The van der Waals surface area contributed by atoms with Crippen LogP contribution in [0.15, 0.2) is 48.5 Å². The molecule has 0 spiro atoms. The highest BCUT2D eigenvalue weighted by molar-refractivity contribution is 5.98. The SMILES string of the molecule is COc1cc(C(=O)Cc2ccccc2)ccc1O. The summed E-state index contributed by atoms with van der Waals surface area (Å²) in [5.74, 6) is 0.349. The molecular weight excluding hydrogens is 228 g/mol. The summed E-state index contributed by atoms with van der Waals surface area (Å²) in [5.41, 5.74) is 1.50. The summed E-state index contributed by atoms with van der Waals surface area (Å²) in [6.45, 7) is 0. The van der Waals surface area contributed by atoms with Gasteiger partial charge < -0.3 is 9.84 Å². The third-order valence-electron chi connectivity index (χ3n) is 2.71. The van der Waals surface area contributed by atoms with Crippen molar-refractivity contribution in [3.63, 3.8) is 0 Å². The quantitative estimate of drug-likeness (QED) is 0.838. The maximum atomic E-state index is 12.1. The van der Waals surface area contributed by atoms with Gasteiger partial charge in [0.2, 0.25) is 0 Å². The molecule has 0 fully saturated rings. The van der Waals surface area contributed by atoms with Crippen LogP contribution in [0.2, 0.25) is 0 Å². The first-order valence-electron chi connectivity index (χ1n) is 5.65. The molecule has 1 N–H and O–H groups in total. The number of hydrogen-bond donors (Lipinski definition) is 1. The van der Waals surface area contributed by atoms with E-state index >= 15 is 0 Å². The third-order valence-corrected chi connectivity index (χ3v) is 2.71. The minimum Gasteiger partial charge on any atom is -0.504 e. The van der Waals surface area contributed by atoms with Crippen LogP contribution in [0, 0.1) is 0 Å². The average Bonchev–Trinajstić information content (AvgIpc) is 2.40. The van der Waals surface area contributed by atoms with E-state index in [1.807, 2.05) is 30.3 Å². The van der Waals surface area contributed by atoms with E-state index in [2.05, 4.69) is 0 Å². The summed E-state index contributed by atoms with van der Waals surface area (Å²) in [6, 6.07) is 14.2. The van der Waals surface area contributed by atoms with Crippen molar-refractivity contribution in [2.45, 2.75) is 6.42 Å². The zero-order chi connectivity index (χ0) is 13.0. The fourth-order valence-corrected chi connectivity index (χ4v) is 1.73. The Hall–Kier alpha value is -2.29. The molecule has 3 heteroatoms. The van der Waals surface area contributed by atoms with Crippen molar-refractivity contribution in [2.75, 3.05) is 7.11 Å². The number of carbonyl (C=O) groups excluding carboxylic acids is 1. The van der Waals surface area contributed by atoms with E-state index in [1.165, 1.54) is 13.2 Å². The number of hydrogen-bond acceptors (Lipinski definition) is 3. The van der Waals surface area contributed by atoms with Crippen molar-refractivity contribution in [1.82, 2.24) is 0 Å². The number of carbonyl (C=O) groups is 1. The van der Waals surface area contributed by atoms with Gasteiger partial charge in [-0.25, -0.2) is 0 Å². The van der Waals surface area contributed by atoms with Gasteiger partial charge in [0.15, 0.2) is 17.3 Å². The van der Waals surface area contributed by atoms with E-state index in [9.17, 15) is 9.90 Å². The molecule has 0 aliphatic heterocycles. The van der Waals surface area contributed by atoms with Gasteiger partial charge in [-0.05, 0) is 23.8 Å². The number of aromatic hydroxyl groups is 1. The first kappa shape index (κ1) is 12.2. The Bertz CT molecular complexity index is 547. The summed E-state index contributed by atoms with van der Waals surface area (Å²) in [7, 11) is 1.46. The van der Waals surface area contributed by atoms with Gasteiger partial charge in [-0.2, -0.15) is 0 Å². The Kier molecular flexibility index (Phi) is 3.63. The number of ether oxygens (including phenoxy) is 1. The highest BCUT2D eigenvalue weighted by atomic mass is 16.5. The molecule has 18 heavy (non-hydrogen) atoms. The lowest BCUT2D eigenvalue weighted by molar-refractivity contribution is 0.0992. The van der Waals surface area contributed by atoms with Crippen LogP contribution in [-0.4, -0.2) is 18.0 Å². The second kappa shape index (κ2) is 5.36. The molecule has 0 saturated heterocycles. The molecule has 0 aromatic heterocycles. The summed E-state index contributed by atoms with van der Waals surface area (Å²) in [5, 5.41) is 9.47. The predicted octanol–water partition coefficient (Wildman–Crippen LogP) is 2.83. The molecule has 0 bridgehead atoms. The molecule has 0 aliphatic rings. The van der Waals surface area contributed by atoms with Crippen molar-refractivity contribution in [2.24, 2.45) is 0 Å². The van der Waals surface area contributed by atoms with Gasteiger partial charge in [0, 0.05) is 12.0 Å². The van der Waals surface area contributed by atoms with Crippen LogP contribution in [0.1, 0.15) is 15.9 Å². The van der Waals surface area contributed by atoms with Crippen LogP contribution in [0.5, 0.6) is 11.5 Å². The van der Waals surface area contributed by atoms with Crippen LogP contribution in [0.25, 0.3) is 0 Å². The van der Waals surface area contributed by atoms with E-state index in [4.69, 9.17) is 4.74 Å². The molecule has 3 nitrogen and oxygen atoms in total. The first-order chi connectivity index (χ1) is 8.70. The minimum absolute atomic E-state index is 0.000463. The Labute approximate surface area is 106 Å². The minimum atomic E-state index is -0.000463. The molecule has 0 atom stereocenters. The normalized spacial score (nSPS) is 10.1. The maximum Gasteiger partial charge on any atom is 0.167 e. The number of Topliss-reactive ketones (excluding diaryl/α,β-unsaturated/α-hetero) is 1. The average molecular weight is 242 g/mol. The molecule has 0 saturated carbocycles. The molecule has 92 valence electrons. The monoisotopic (exact) mass is 242 g/mol. The lowest BCUT2D eigenvalue weighted by Crippen LogP contribution is -2.03. The topological polar surface area (TPSA) is 46.5 Å². The smallest absolute Gasteiger partial charge is 0.167 e. The molecule has 2 aromatic carbocycles. The third kappa shape index (κ3) is 2.69. The van der Waals surface area contributed by atoms with Gasteiger partial charge in [0.1, 0.15) is 0 Å². The van der Waals surface area contributed by atoms with Gasteiger partial charge in [0.25, 0.3) is 0 Å². The van der Waals surface area contributed by atoms with E-state index in [0.29, 0.717) is 17.7 Å². The fourth-order valence-electron chi connectivity index (χ4n) is 1.73. The van der Waals surface area contributed by atoms with E-state index in [-0.39, 0.29) is 11.5 Å². The number of phenols is 1. The number of ketones is 1. The highest BCUT2D eigenvalue weighted by Gasteiger charge is 2.10. The van der Waals surface area contributed by atoms with Crippen LogP contribution in [-0.2, 0) is 6.42 Å². The molecular formula is C15H14O3. The van der Waals surface area contributed by atoms with Gasteiger partial charge in [-0.1, -0.05) is 30.3 Å². The van der Waals surface area contributed by atoms with Crippen molar-refractivity contribution >= 4 is 5.78 Å². The molecule has 2 aromatic rings. The maximum absolute atomic E-state index is 12.1. The van der Waals surface area contributed by atoms with E-state index in [1.54, 1.807) is 12.1 Å². The van der Waals surface area contributed by atoms with Gasteiger partial charge in [-0.3, -0.25) is 4.79 Å². The molecule has 0 radical (unpaired) electrons. The summed E-state index contributed by atoms with van der Waals surface area (Å²) < 4.78 is 4.98. The van der Waals surface area contributed by atoms with E-state index in [0.717, 1.165) is 5.56 Å². The van der Waals surface area contributed by atoms with Crippen molar-refractivity contribution in [1.29, 1.82) is 0 Å². The predicted molar refractivity (Wildman–Crippen MR) is 69.1 cm³/mol. The zero-order valence-electron chi connectivity index (χ0n) is 10.1. The number of rotatable bonds is 4. The van der Waals surface area contributed by atoms with Crippen molar-refractivity contribution in [3.8, 4) is 11.5 Å². The van der Waals surface area contributed by atoms with Gasteiger partial charge in [0.05, 0.1) is 7.11 Å². The Morgan fingerprint density at radius 3 is 2.56 bits per heavy atom. The second-order valence-electron chi connectivity index (χ2n) is 3.97. The van der Waals surface area contributed by atoms with Crippen molar-refractivity contribution in [3.05, 3.63) is 59.7 Å². The largest absolute Gasteiger partial charge is 0.504 e. The van der Waals surface area contributed by atoms with Gasteiger partial charge in [-0.15, -0.1) is 0 Å². The van der Waals surface area contributed by atoms with Crippen LogP contribution >= 0.6 is 0 Å². The van der Waals surface area contributed by atoms with E-state index < -0.39 is 0 Å². The Balaban J connectivity index is 2.19. The Morgan fingerprint density at radius 1 is 1.17 bits per heavy atom. The van der Waals surface area contributed by atoms with Crippen molar-refractivity contribution < 1.29 is 14.6 Å². The lowest BCUT2D eigenvalue weighted by Gasteiger charge is -2.06. The number of benzene rings is 2. The van der Waals surface area contributed by atoms with Crippen LogP contribution < -0.4 is 4.74 Å².